The zero-order valence-corrected chi connectivity index (χ0v) is 11.1. The molecule has 108 valence electrons. The quantitative estimate of drug-likeness (QED) is 0.692. The van der Waals surface area contributed by atoms with Crippen LogP contribution in [0.1, 0.15) is 11.1 Å². The Kier molecular flexibility index (Phi) is 3.43. The van der Waals surface area contributed by atoms with Crippen molar-refractivity contribution in [2.24, 2.45) is 0 Å². The molecular weight excluding hydrogens is 275 g/mol. The van der Waals surface area contributed by atoms with Crippen LogP contribution in [0.25, 0.3) is 0 Å². The number of fused-ring (bicyclic) bond motifs is 1. The van der Waals surface area contributed by atoms with Crippen molar-refractivity contribution < 1.29 is 14.1 Å². The topological polar surface area (TPSA) is 64.4 Å². The molecule has 0 aromatic heterocycles. The summed E-state index contributed by atoms with van der Waals surface area (Å²) in [5.41, 5.74) is 1.69. The maximum atomic E-state index is 13.7. The molecule has 6 heteroatoms. The molecule has 0 radical (unpaired) electrons. The van der Waals surface area contributed by atoms with Crippen LogP contribution >= 0.6 is 0 Å². The van der Waals surface area contributed by atoms with Gasteiger partial charge in [-0.25, -0.2) is 4.39 Å². The van der Waals surface area contributed by atoms with Crippen LogP contribution in [0.5, 0.6) is 5.75 Å². The van der Waals surface area contributed by atoms with Gasteiger partial charge in [-0.05, 0) is 23.3 Å². The molecule has 1 heterocycles. The molecule has 2 aromatic carbocycles. The zero-order chi connectivity index (χ0) is 14.8. The van der Waals surface area contributed by atoms with Gasteiger partial charge in [-0.3, -0.25) is 10.1 Å². The highest BCUT2D eigenvalue weighted by Crippen LogP contribution is 2.29. The smallest absolute Gasteiger partial charge is 0.295 e. The number of para-hydroxylation sites is 1. The molecule has 1 N–H and O–H groups in total. The van der Waals surface area contributed by atoms with Gasteiger partial charge in [0.25, 0.3) is 5.69 Å². The average molecular weight is 288 g/mol. The van der Waals surface area contributed by atoms with E-state index in [1.165, 1.54) is 18.2 Å². The summed E-state index contributed by atoms with van der Waals surface area (Å²) in [7, 11) is 0. The van der Waals surface area contributed by atoms with Crippen molar-refractivity contribution in [3.8, 4) is 5.75 Å². The molecule has 5 nitrogen and oxygen atoms in total. The molecule has 0 atom stereocenters. The fourth-order valence-electron chi connectivity index (χ4n) is 2.38. The molecule has 0 fully saturated rings. The molecular formula is C15H13FN2O3. The number of nitrogens with zero attached hydrogens (tertiary/aromatic N) is 1. The molecule has 0 saturated carbocycles. The van der Waals surface area contributed by atoms with Gasteiger partial charge in [-0.2, -0.15) is 0 Å². The number of hydrogen-bond acceptors (Lipinski definition) is 4. The zero-order valence-electron chi connectivity index (χ0n) is 11.1. The standard InChI is InChI=1S/C15H13FN2O3/c16-12-2-1-3-13(18(19)20)15(12)17-9-10-4-5-14-11(8-10)6-7-21-14/h1-5,8,17H,6-7,9H2. The van der Waals surface area contributed by atoms with Crippen LogP contribution in [0.3, 0.4) is 0 Å². The Labute approximate surface area is 120 Å². The molecule has 21 heavy (non-hydrogen) atoms. The molecule has 2 aromatic rings. The van der Waals surface area contributed by atoms with Crippen LogP contribution in [-0.4, -0.2) is 11.5 Å². The maximum absolute atomic E-state index is 13.7. The highest BCUT2D eigenvalue weighted by molar-refractivity contribution is 5.62. The van der Waals surface area contributed by atoms with E-state index in [0.29, 0.717) is 13.2 Å². The number of halogens is 1. The van der Waals surface area contributed by atoms with E-state index >= 15 is 0 Å². The van der Waals surface area contributed by atoms with Crippen LogP contribution in [0.2, 0.25) is 0 Å². The number of benzene rings is 2. The lowest BCUT2D eigenvalue weighted by Gasteiger charge is -2.09. The van der Waals surface area contributed by atoms with Gasteiger partial charge in [-0.15, -0.1) is 0 Å². The predicted molar refractivity (Wildman–Crippen MR) is 76.0 cm³/mol. The summed E-state index contributed by atoms with van der Waals surface area (Å²) in [5.74, 6) is 0.240. The first-order valence-corrected chi connectivity index (χ1v) is 6.56. The van der Waals surface area contributed by atoms with Gasteiger partial charge in [0.05, 0.1) is 11.5 Å². The third-order valence-electron chi connectivity index (χ3n) is 3.41. The van der Waals surface area contributed by atoms with Gasteiger partial charge in [0.15, 0.2) is 5.82 Å². The summed E-state index contributed by atoms with van der Waals surface area (Å²) in [4.78, 5) is 10.3. The van der Waals surface area contributed by atoms with Crippen molar-refractivity contribution in [1.82, 2.24) is 0 Å². The Balaban J connectivity index is 1.80. The lowest BCUT2D eigenvalue weighted by molar-refractivity contribution is -0.384. The summed E-state index contributed by atoms with van der Waals surface area (Å²) in [5, 5.41) is 13.7. The summed E-state index contributed by atoms with van der Waals surface area (Å²) < 4.78 is 19.2. The molecule has 1 aliphatic rings. The number of nitrogens with one attached hydrogen (secondary N) is 1. The van der Waals surface area contributed by atoms with E-state index in [9.17, 15) is 14.5 Å². The molecule has 3 rings (SSSR count). The number of anilines is 1. The Morgan fingerprint density at radius 3 is 3.00 bits per heavy atom. The molecule has 1 aliphatic heterocycles. The lowest BCUT2D eigenvalue weighted by Crippen LogP contribution is -2.05. The maximum Gasteiger partial charge on any atom is 0.295 e. The first-order chi connectivity index (χ1) is 10.1. The number of ether oxygens (including phenoxy) is 1. The predicted octanol–water partition coefficient (Wildman–Crippen LogP) is 3.28. The molecule has 0 saturated heterocycles. The number of nitro groups is 1. The van der Waals surface area contributed by atoms with Gasteiger partial charge in [0.1, 0.15) is 11.4 Å². The van der Waals surface area contributed by atoms with E-state index in [-0.39, 0.29) is 11.4 Å². The SMILES string of the molecule is O=[N+]([O-])c1cccc(F)c1NCc1ccc2c(c1)CCO2. The average Bonchev–Trinajstić information content (AvgIpc) is 2.93. The van der Waals surface area contributed by atoms with E-state index in [2.05, 4.69) is 5.32 Å². The summed E-state index contributed by atoms with van der Waals surface area (Å²) in [6.07, 6.45) is 0.850. The third-order valence-corrected chi connectivity index (χ3v) is 3.41. The van der Waals surface area contributed by atoms with E-state index in [4.69, 9.17) is 4.74 Å². The van der Waals surface area contributed by atoms with Crippen LogP contribution < -0.4 is 10.1 Å². The minimum absolute atomic E-state index is 0.0840. The molecule has 0 spiro atoms. The summed E-state index contributed by atoms with van der Waals surface area (Å²) in [6, 6.07) is 9.51. The van der Waals surface area contributed by atoms with Crippen LogP contribution in [0.4, 0.5) is 15.8 Å². The fraction of sp³-hybridized carbons (Fsp3) is 0.200. The van der Waals surface area contributed by atoms with Gasteiger partial charge in [0, 0.05) is 19.0 Å². The fourth-order valence-corrected chi connectivity index (χ4v) is 2.38. The number of nitro benzene ring substituents is 1. The largest absolute Gasteiger partial charge is 0.493 e. The lowest BCUT2D eigenvalue weighted by atomic mass is 10.1. The van der Waals surface area contributed by atoms with Crippen molar-refractivity contribution in [1.29, 1.82) is 0 Å². The third kappa shape index (κ3) is 2.65. The summed E-state index contributed by atoms with van der Waals surface area (Å²) in [6.45, 7) is 0.986. The van der Waals surface area contributed by atoms with E-state index in [1.807, 2.05) is 18.2 Å². The first kappa shape index (κ1) is 13.4. The van der Waals surface area contributed by atoms with Crippen molar-refractivity contribution in [3.63, 3.8) is 0 Å². The van der Waals surface area contributed by atoms with E-state index in [0.717, 1.165) is 23.3 Å². The second-order valence-electron chi connectivity index (χ2n) is 4.79. The second-order valence-corrected chi connectivity index (χ2v) is 4.79. The molecule has 0 aliphatic carbocycles. The molecule has 0 bridgehead atoms. The normalized spacial score (nSPS) is 12.6. The summed E-state index contributed by atoms with van der Waals surface area (Å²) >= 11 is 0. The van der Waals surface area contributed by atoms with E-state index in [1.54, 1.807) is 0 Å². The Morgan fingerprint density at radius 2 is 2.19 bits per heavy atom. The highest BCUT2D eigenvalue weighted by atomic mass is 19.1. The van der Waals surface area contributed by atoms with Gasteiger partial charge in [0.2, 0.25) is 0 Å². The number of hydrogen-bond donors (Lipinski definition) is 1. The van der Waals surface area contributed by atoms with Gasteiger partial charge in [-0.1, -0.05) is 18.2 Å². The first-order valence-electron chi connectivity index (χ1n) is 6.56. The Hall–Kier alpha value is -2.63. The van der Waals surface area contributed by atoms with E-state index < -0.39 is 10.7 Å². The van der Waals surface area contributed by atoms with Gasteiger partial charge >= 0.3 is 0 Å². The van der Waals surface area contributed by atoms with Crippen molar-refractivity contribution in [3.05, 3.63) is 63.5 Å². The van der Waals surface area contributed by atoms with Crippen LogP contribution in [0.15, 0.2) is 36.4 Å². The Morgan fingerprint density at radius 1 is 1.33 bits per heavy atom. The number of rotatable bonds is 4. The monoisotopic (exact) mass is 288 g/mol. The highest BCUT2D eigenvalue weighted by Gasteiger charge is 2.18. The van der Waals surface area contributed by atoms with Crippen LogP contribution in [-0.2, 0) is 13.0 Å². The molecule has 0 unspecified atom stereocenters. The van der Waals surface area contributed by atoms with Crippen molar-refractivity contribution in [2.75, 3.05) is 11.9 Å². The van der Waals surface area contributed by atoms with Crippen LogP contribution in [0, 0.1) is 15.9 Å². The van der Waals surface area contributed by atoms with Gasteiger partial charge < -0.3 is 10.1 Å². The second kappa shape index (κ2) is 5.40. The molecule has 0 amide bonds. The van der Waals surface area contributed by atoms with Crippen molar-refractivity contribution >= 4 is 11.4 Å². The minimum Gasteiger partial charge on any atom is -0.493 e. The minimum atomic E-state index is -0.631. The Bertz CT molecular complexity index is 703. The van der Waals surface area contributed by atoms with Crippen molar-refractivity contribution in [2.45, 2.75) is 13.0 Å².